The standard InChI is InChI=1S/C57H59BN2OS/c1-32-23-45-51-46(24-32)60(53-35(4)27-41(28-36(53)5)57(12,13)14)54-50(42-31-39(55(6,7)8)20-22-49(42)62-54)58(51)43-21-19-38(48-30-37-17-15-16-18-47(37)61-48)29-44(43)59(45)52-33(2)25-40(26-34(52)3)56(9,10)11/h15-31H,1-14H3. The Balaban J connectivity index is 1.33. The number of nitrogens with zero attached hydrogens (tertiary/aromatic N) is 2. The monoisotopic (exact) mass is 830 g/mol. The molecule has 2 aromatic heterocycles. The van der Waals surface area contributed by atoms with Gasteiger partial charge in [-0.25, -0.2) is 0 Å². The molecule has 3 nitrogen and oxygen atoms in total. The summed E-state index contributed by atoms with van der Waals surface area (Å²) in [5, 5.41) is 3.79. The van der Waals surface area contributed by atoms with Gasteiger partial charge in [0.1, 0.15) is 11.3 Å². The first-order valence-electron chi connectivity index (χ1n) is 22.4. The van der Waals surface area contributed by atoms with E-state index in [1.165, 1.54) is 104 Å². The van der Waals surface area contributed by atoms with Crippen molar-refractivity contribution in [2.24, 2.45) is 0 Å². The Morgan fingerprint density at radius 1 is 0.516 bits per heavy atom. The number of benzene rings is 6. The van der Waals surface area contributed by atoms with Crippen LogP contribution >= 0.6 is 11.3 Å². The minimum atomic E-state index is 0.00450. The third kappa shape index (κ3) is 6.28. The SMILES string of the molecule is Cc1cc2c3c(c1)N(c1c(C)cc(C(C)(C)C)cc1C)c1sc4ccc(C(C)(C)C)cc4c1B3c1ccc(-c3cc4ccccc4o3)cc1N2c1c(C)cc(C(C)(C)C)cc1C. The van der Waals surface area contributed by atoms with E-state index in [2.05, 4.69) is 210 Å². The third-order valence-corrected chi connectivity index (χ3v) is 14.7. The molecule has 0 amide bonds. The average Bonchev–Trinajstić information content (AvgIpc) is 3.79. The third-order valence-electron chi connectivity index (χ3n) is 13.6. The van der Waals surface area contributed by atoms with Crippen molar-refractivity contribution in [3.63, 3.8) is 0 Å². The molecule has 0 atom stereocenters. The van der Waals surface area contributed by atoms with Crippen molar-refractivity contribution < 1.29 is 4.42 Å². The van der Waals surface area contributed by atoms with Crippen LogP contribution in [0.2, 0.25) is 0 Å². The fourth-order valence-corrected chi connectivity index (χ4v) is 11.6. The first-order valence-corrected chi connectivity index (χ1v) is 23.2. The van der Waals surface area contributed by atoms with Crippen LogP contribution in [0.15, 0.2) is 108 Å². The van der Waals surface area contributed by atoms with E-state index in [1.807, 2.05) is 11.3 Å². The quantitative estimate of drug-likeness (QED) is 0.165. The fraction of sp³-hybridized carbons (Fsp3) is 0.298. The summed E-state index contributed by atoms with van der Waals surface area (Å²) in [6, 6.07) is 39.6. The van der Waals surface area contributed by atoms with E-state index in [1.54, 1.807) is 0 Å². The lowest BCUT2D eigenvalue weighted by Gasteiger charge is -2.45. The molecule has 8 aromatic rings. The van der Waals surface area contributed by atoms with Gasteiger partial charge in [-0.1, -0.05) is 129 Å². The summed E-state index contributed by atoms with van der Waals surface area (Å²) in [6.07, 6.45) is 0. The molecule has 5 heteroatoms. The van der Waals surface area contributed by atoms with Crippen LogP contribution in [0.1, 0.15) is 107 Å². The van der Waals surface area contributed by atoms with Gasteiger partial charge in [0.25, 0.3) is 6.71 Å². The molecule has 4 heterocycles. The Morgan fingerprint density at radius 2 is 1.08 bits per heavy atom. The summed E-state index contributed by atoms with van der Waals surface area (Å²) in [5.74, 6) is 0.886. The van der Waals surface area contributed by atoms with Crippen molar-refractivity contribution in [2.75, 3.05) is 9.80 Å². The minimum absolute atomic E-state index is 0.00450. The largest absolute Gasteiger partial charge is 0.456 e. The number of para-hydroxylation sites is 1. The fourth-order valence-electron chi connectivity index (χ4n) is 10.3. The molecule has 0 radical (unpaired) electrons. The Labute approximate surface area is 373 Å². The number of thiophene rings is 1. The number of hydrogen-bond acceptors (Lipinski definition) is 4. The molecule has 2 aliphatic rings. The molecule has 312 valence electrons. The normalized spacial score (nSPS) is 13.9. The number of furan rings is 1. The van der Waals surface area contributed by atoms with Crippen LogP contribution in [0.4, 0.5) is 33.4 Å². The van der Waals surface area contributed by atoms with Gasteiger partial charge in [-0.2, -0.15) is 0 Å². The van der Waals surface area contributed by atoms with Gasteiger partial charge >= 0.3 is 0 Å². The molecule has 62 heavy (non-hydrogen) atoms. The van der Waals surface area contributed by atoms with Gasteiger partial charge in [-0.15, -0.1) is 11.3 Å². The molecule has 0 unspecified atom stereocenters. The molecule has 0 bridgehead atoms. The second-order valence-electron chi connectivity index (χ2n) is 21.4. The smallest absolute Gasteiger partial charge is 0.254 e. The summed E-state index contributed by atoms with van der Waals surface area (Å²) >= 11 is 1.95. The van der Waals surface area contributed by atoms with E-state index in [-0.39, 0.29) is 23.0 Å². The molecule has 0 saturated carbocycles. The number of anilines is 6. The van der Waals surface area contributed by atoms with Crippen LogP contribution in [0.5, 0.6) is 0 Å². The Morgan fingerprint density at radius 3 is 1.66 bits per heavy atom. The number of aryl methyl sites for hydroxylation is 5. The van der Waals surface area contributed by atoms with E-state index in [0.29, 0.717) is 0 Å². The number of hydrogen-bond donors (Lipinski definition) is 0. The van der Waals surface area contributed by atoms with E-state index in [4.69, 9.17) is 4.42 Å². The van der Waals surface area contributed by atoms with Crippen LogP contribution in [-0.4, -0.2) is 6.71 Å². The highest BCUT2D eigenvalue weighted by Gasteiger charge is 2.46. The average molecular weight is 831 g/mol. The maximum Gasteiger partial charge on any atom is 0.254 e. The summed E-state index contributed by atoms with van der Waals surface area (Å²) in [7, 11) is 0. The predicted molar refractivity (Wildman–Crippen MR) is 271 cm³/mol. The zero-order valence-corrected chi connectivity index (χ0v) is 39.9. The Kier molecular flexibility index (Phi) is 8.99. The summed E-state index contributed by atoms with van der Waals surface area (Å²) in [5.41, 5.74) is 22.9. The highest BCUT2D eigenvalue weighted by molar-refractivity contribution is 7.26. The van der Waals surface area contributed by atoms with Gasteiger partial charge in [0, 0.05) is 32.7 Å². The first-order chi connectivity index (χ1) is 29.2. The zero-order valence-electron chi connectivity index (χ0n) is 39.1. The molecule has 2 aliphatic heterocycles. The zero-order chi connectivity index (χ0) is 43.9. The lowest BCUT2D eigenvalue weighted by atomic mass is 9.33. The van der Waals surface area contributed by atoms with Crippen LogP contribution in [0, 0.1) is 34.6 Å². The van der Waals surface area contributed by atoms with Crippen molar-refractivity contribution in [3.05, 3.63) is 148 Å². The Hall–Kier alpha value is -5.52. The second-order valence-corrected chi connectivity index (χ2v) is 22.5. The lowest BCUT2D eigenvalue weighted by Crippen LogP contribution is -2.61. The maximum absolute atomic E-state index is 6.60. The molecule has 10 rings (SSSR count). The maximum atomic E-state index is 6.60. The van der Waals surface area contributed by atoms with E-state index in [0.717, 1.165) is 22.3 Å². The summed E-state index contributed by atoms with van der Waals surface area (Å²) < 4.78 is 7.92. The van der Waals surface area contributed by atoms with Crippen LogP contribution in [-0.2, 0) is 16.2 Å². The van der Waals surface area contributed by atoms with Crippen LogP contribution in [0.3, 0.4) is 0 Å². The van der Waals surface area contributed by atoms with Gasteiger partial charge < -0.3 is 14.2 Å². The van der Waals surface area contributed by atoms with Crippen molar-refractivity contribution in [3.8, 4) is 11.3 Å². The van der Waals surface area contributed by atoms with E-state index >= 15 is 0 Å². The van der Waals surface area contributed by atoms with Crippen molar-refractivity contribution in [1.29, 1.82) is 0 Å². The number of fused-ring (bicyclic) bond motifs is 7. The topological polar surface area (TPSA) is 19.6 Å². The van der Waals surface area contributed by atoms with Crippen molar-refractivity contribution >= 4 is 88.9 Å². The molecule has 0 aliphatic carbocycles. The van der Waals surface area contributed by atoms with Crippen molar-refractivity contribution in [1.82, 2.24) is 0 Å². The van der Waals surface area contributed by atoms with Gasteiger partial charge in [-0.3, -0.25) is 0 Å². The molecule has 0 saturated heterocycles. The van der Waals surface area contributed by atoms with Gasteiger partial charge in [-0.05, 0) is 154 Å². The van der Waals surface area contributed by atoms with E-state index < -0.39 is 0 Å². The summed E-state index contributed by atoms with van der Waals surface area (Å²) in [4.78, 5) is 5.27. The van der Waals surface area contributed by atoms with Crippen molar-refractivity contribution in [2.45, 2.75) is 113 Å². The molecule has 6 aromatic carbocycles. The number of rotatable bonds is 3. The van der Waals surface area contributed by atoms with E-state index in [9.17, 15) is 0 Å². The molecular weight excluding hydrogens is 772 g/mol. The van der Waals surface area contributed by atoms with Gasteiger partial charge in [0.2, 0.25) is 0 Å². The summed E-state index contributed by atoms with van der Waals surface area (Å²) in [6.45, 7) is 32.5. The first kappa shape index (κ1) is 40.6. The van der Waals surface area contributed by atoms with Crippen LogP contribution in [0.25, 0.3) is 32.4 Å². The lowest BCUT2D eigenvalue weighted by molar-refractivity contribution is 0.589. The molecule has 0 N–H and O–H groups in total. The van der Waals surface area contributed by atoms with Gasteiger partial charge in [0.15, 0.2) is 0 Å². The highest BCUT2D eigenvalue weighted by Crippen LogP contribution is 2.51. The predicted octanol–water partition coefficient (Wildman–Crippen LogP) is 14.8. The van der Waals surface area contributed by atoms with Gasteiger partial charge in [0.05, 0.1) is 16.4 Å². The van der Waals surface area contributed by atoms with Crippen LogP contribution < -0.4 is 26.2 Å². The molecular formula is C57H59BN2OS. The second kappa shape index (κ2) is 13.7. The molecule has 0 spiro atoms. The Bertz CT molecular complexity index is 3080. The minimum Gasteiger partial charge on any atom is -0.456 e. The molecule has 0 fully saturated rings. The highest BCUT2D eigenvalue weighted by atomic mass is 32.1.